The zero-order valence-corrected chi connectivity index (χ0v) is 9.84. The maximum Gasteiger partial charge on any atom is 0.339 e. The lowest BCUT2D eigenvalue weighted by atomic mass is 10.0. The Morgan fingerprint density at radius 2 is 2.06 bits per heavy atom. The summed E-state index contributed by atoms with van der Waals surface area (Å²) in [7, 11) is 0. The van der Waals surface area contributed by atoms with Crippen molar-refractivity contribution < 1.29 is 9.53 Å². The molecule has 0 aliphatic rings. The first-order valence-electron chi connectivity index (χ1n) is 5.53. The summed E-state index contributed by atoms with van der Waals surface area (Å²) in [5.74, 6) is -0.504. The second kappa shape index (κ2) is 5.27. The summed E-state index contributed by atoms with van der Waals surface area (Å²) >= 11 is 0. The number of nitrogens with zero attached hydrogens (tertiary/aromatic N) is 1. The predicted molar refractivity (Wildman–Crippen MR) is 66.3 cm³/mol. The fraction of sp³-hybridized carbons (Fsp3) is 0.154. The highest BCUT2D eigenvalue weighted by atomic mass is 16.5. The molecule has 2 rings (SSSR count). The van der Waals surface area contributed by atoms with Crippen LogP contribution in [0.25, 0.3) is 11.1 Å². The SMILES string of the molecule is CCOC(=O)c1cc[nH]c(=O)c1-c1ccncc1. The van der Waals surface area contributed by atoms with E-state index >= 15 is 0 Å². The van der Waals surface area contributed by atoms with Gasteiger partial charge in [0.2, 0.25) is 0 Å². The molecule has 1 N–H and O–H groups in total. The van der Waals surface area contributed by atoms with E-state index in [0.717, 1.165) is 0 Å². The highest BCUT2D eigenvalue weighted by Gasteiger charge is 2.16. The summed E-state index contributed by atoms with van der Waals surface area (Å²) in [6.07, 6.45) is 4.56. The van der Waals surface area contributed by atoms with Gasteiger partial charge in [0, 0.05) is 18.6 Å². The van der Waals surface area contributed by atoms with Gasteiger partial charge in [0.15, 0.2) is 0 Å². The molecule has 5 nitrogen and oxygen atoms in total. The van der Waals surface area contributed by atoms with Crippen LogP contribution >= 0.6 is 0 Å². The lowest BCUT2D eigenvalue weighted by Gasteiger charge is -2.07. The summed E-state index contributed by atoms with van der Waals surface area (Å²) < 4.78 is 4.94. The van der Waals surface area contributed by atoms with Crippen LogP contribution in [0.3, 0.4) is 0 Å². The average Bonchev–Trinajstić information content (AvgIpc) is 2.39. The van der Waals surface area contributed by atoms with Crippen molar-refractivity contribution in [2.75, 3.05) is 6.61 Å². The van der Waals surface area contributed by atoms with E-state index in [1.165, 1.54) is 12.3 Å². The Morgan fingerprint density at radius 3 is 2.72 bits per heavy atom. The Balaban J connectivity index is 2.59. The smallest absolute Gasteiger partial charge is 0.339 e. The van der Waals surface area contributed by atoms with Gasteiger partial charge in [-0.15, -0.1) is 0 Å². The quantitative estimate of drug-likeness (QED) is 0.832. The third kappa shape index (κ3) is 2.29. The summed E-state index contributed by atoms with van der Waals surface area (Å²) in [6.45, 7) is 1.98. The van der Waals surface area contributed by atoms with E-state index in [1.807, 2.05) is 0 Å². The van der Waals surface area contributed by atoms with Crippen molar-refractivity contribution >= 4 is 5.97 Å². The minimum atomic E-state index is -0.504. The van der Waals surface area contributed by atoms with Crippen LogP contribution in [0.2, 0.25) is 0 Å². The van der Waals surface area contributed by atoms with E-state index < -0.39 is 5.97 Å². The Labute approximate surface area is 103 Å². The van der Waals surface area contributed by atoms with E-state index in [-0.39, 0.29) is 17.7 Å². The van der Waals surface area contributed by atoms with E-state index in [9.17, 15) is 9.59 Å². The van der Waals surface area contributed by atoms with Crippen molar-refractivity contribution in [3.8, 4) is 11.1 Å². The first kappa shape index (κ1) is 12.0. The number of hydrogen-bond acceptors (Lipinski definition) is 4. The number of pyridine rings is 2. The molecule has 92 valence electrons. The van der Waals surface area contributed by atoms with Crippen molar-refractivity contribution in [1.29, 1.82) is 0 Å². The largest absolute Gasteiger partial charge is 0.462 e. The van der Waals surface area contributed by atoms with Gasteiger partial charge in [0.25, 0.3) is 5.56 Å². The molecular weight excluding hydrogens is 232 g/mol. The molecule has 5 heteroatoms. The zero-order valence-electron chi connectivity index (χ0n) is 9.84. The van der Waals surface area contributed by atoms with Crippen LogP contribution in [0.15, 0.2) is 41.6 Å². The first-order chi connectivity index (χ1) is 8.74. The number of carbonyl (C=O) groups is 1. The minimum Gasteiger partial charge on any atom is -0.462 e. The Hall–Kier alpha value is -2.43. The van der Waals surface area contributed by atoms with Gasteiger partial charge in [-0.2, -0.15) is 0 Å². The molecule has 2 aromatic rings. The molecule has 0 spiro atoms. The standard InChI is InChI=1S/C13H12N2O3/c1-2-18-13(17)10-5-8-15-12(16)11(10)9-3-6-14-7-4-9/h3-8H,2H2,1H3,(H,15,16). The lowest BCUT2D eigenvalue weighted by molar-refractivity contribution is 0.0527. The van der Waals surface area contributed by atoms with Crippen molar-refractivity contribution in [2.45, 2.75) is 6.92 Å². The molecule has 0 unspecified atom stereocenters. The molecule has 0 aliphatic carbocycles. The number of rotatable bonds is 3. The summed E-state index contributed by atoms with van der Waals surface area (Å²) in [6, 6.07) is 4.88. The molecule has 2 aromatic heterocycles. The highest BCUT2D eigenvalue weighted by molar-refractivity contribution is 5.96. The number of carbonyl (C=O) groups excluding carboxylic acids is 1. The van der Waals surface area contributed by atoms with Crippen molar-refractivity contribution in [2.24, 2.45) is 0 Å². The van der Waals surface area contributed by atoms with Gasteiger partial charge in [-0.3, -0.25) is 9.78 Å². The molecule has 0 aromatic carbocycles. The average molecular weight is 244 g/mol. The molecule has 0 amide bonds. The second-order valence-electron chi connectivity index (χ2n) is 3.55. The van der Waals surface area contributed by atoms with E-state index in [4.69, 9.17) is 4.74 Å². The van der Waals surface area contributed by atoms with Gasteiger partial charge in [0.05, 0.1) is 17.7 Å². The Bertz CT molecular complexity index is 605. The van der Waals surface area contributed by atoms with E-state index in [1.54, 1.807) is 31.5 Å². The number of ether oxygens (including phenoxy) is 1. The maximum atomic E-state index is 11.9. The molecular formula is C13H12N2O3. The monoisotopic (exact) mass is 244 g/mol. The van der Waals surface area contributed by atoms with Crippen LogP contribution in [0.1, 0.15) is 17.3 Å². The molecule has 0 radical (unpaired) electrons. The third-order valence-electron chi connectivity index (χ3n) is 2.43. The number of aromatic amines is 1. The molecule has 0 fully saturated rings. The summed E-state index contributed by atoms with van der Waals surface area (Å²) in [5, 5.41) is 0. The van der Waals surface area contributed by atoms with Gasteiger partial charge in [-0.05, 0) is 30.7 Å². The lowest BCUT2D eigenvalue weighted by Crippen LogP contribution is -2.16. The summed E-state index contributed by atoms with van der Waals surface area (Å²) in [4.78, 5) is 30.1. The van der Waals surface area contributed by atoms with Crippen LogP contribution in [-0.4, -0.2) is 22.5 Å². The van der Waals surface area contributed by atoms with Gasteiger partial charge in [-0.25, -0.2) is 4.79 Å². The molecule has 0 bridgehead atoms. The molecule has 18 heavy (non-hydrogen) atoms. The topological polar surface area (TPSA) is 72.1 Å². The number of esters is 1. The van der Waals surface area contributed by atoms with E-state index in [0.29, 0.717) is 11.1 Å². The predicted octanol–water partition coefficient (Wildman–Crippen LogP) is 1.61. The van der Waals surface area contributed by atoms with E-state index in [2.05, 4.69) is 9.97 Å². The molecule has 2 heterocycles. The van der Waals surface area contributed by atoms with Crippen LogP contribution in [0.4, 0.5) is 0 Å². The minimum absolute atomic E-state index is 0.256. The van der Waals surface area contributed by atoms with Crippen molar-refractivity contribution in [1.82, 2.24) is 9.97 Å². The fourth-order valence-corrected chi connectivity index (χ4v) is 1.66. The summed E-state index contributed by atoms with van der Waals surface area (Å²) in [5.41, 5.74) is 0.867. The molecule has 0 atom stereocenters. The molecule has 0 aliphatic heterocycles. The van der Waals surface area contributed by atoms with Gasteiger partial charge in [0.1, 0.15) is 0 Å². The Kier molecular flexibility index (Phi) is 3.52. The van der Waals surface area contributed by atoms with Gasteiger partial charge >= 0.3 is 5.97 Å². The van der Waals surface area contributed by atoms with Crippen LogP contribution in [0.5, 0.6) is 0 Å². The zero-order chi connectivity index (χ0) is 13.0. The molecule has 0 saturated heterocycles. The van der Waals surface area contributed by atoms with Crippen LogP contribution < -0.4 is 5.56 Å². The number of hydrogen-bond donors (Lipinski definition) is 1. The number of H-pyrrole nitrogens is 1. The van der Waals surface area contributed by atoms with Gasteiger partial charge in [-0.1, -0.05) is 0 Å². The Morgan fingerprint density at radius 1 is 1.33 bits per heavy atom. The number of nitrogens with one attached hydrogen (secondary N) is 1. The number of aromatic nitrogens is 2. The highest BCUT2D eigenvalue weighted by Crippen LogP contribution is 2.19. The normalized spacial score (nSPS) is 10.1. The second-order valence-corrected chi connectivity index (χ2v) is 3.55. The van der Waals surface area contributed by atoms with Crippen molar-refractivity contribution in [3.05, 3.63) is 52.7 Å². The third-order valence-corrected chi connectivity index (χ3v) is 2.43. The van der Waals surface area contributed by atoms with Gasteiger partial charge < -0.3 is 9.72 Å². The van der Waals surface area contributed by atoms with Crippen LogP contribution in [0, 0.1) is 0 Å². The van der Waals surface area contributed by atoms with Crippen LogP contribution in [-0.2, 0) is 4.74 Å². The first-order valence-corrected chi connectivity index (χ1v) is 5.53. The fourth-order valence-electron chi connectivity index (χ4n) is 1.66. The van der Waals surface area contributed by atoms with Crippen molar-refractivity contribution in [3.63, 3.8) is 0 Å². The maximum absolute atomic E-state index is 11.9. The molecule has 0 saturated carbocycles.